The molecule has 0 fully saturated rings. The number of nitrogens with zero attached hydrogens (tertiary/aromatic N) is 1. The number of ether oxygens (including phenoxy) is 6. The first-order valence-electron chi connectivity index (χ1n) is 16.6. The monoisotopic (exact) mass is 1060 g/mol. The fourth-order valence-corrected chi connectivity index (χ4v) is 4.57. The highest BCUT2D eigenvalue weighted by atomic mass is 19.4. The zero-order valence-electron chi connectivity index (χ0n) is 31.8. The summed E-state index contributed by atoms with van der Waals surface area (Å²) in [4.78, 5) is 0. The quantitative estimate of drug-likeness (QED) is 0.0742. The van der Waals surface area contributed by atoms with Gasteiger partial charge in [0, 0.05) is 16.1 Å². The lowest BCUT2D eigenvalue weighted by atomic mass is 9.87. The Balaban J connectivity index is 2.64. The molecule has 0 amide bonds. The summed E-state index contributed by atoms with van der Waals surface area (Å²) in [5.74, 6) is -33.6. The molecule has 0 spiro atoms. The number of rotatable bonds is 20. The molecule has 0 saturated carbocycles. The third-order valence-electron chi connectivity index (χ3n) is 8.21. The molecule has 0 aliphatic heterocycles. The second-order valence-electron chi connectivity index (χ2n) is 13.0. The Morgan fingerprint density at radius 3 is 1.04 bits per heavy atom. The van der Waals surface area contributed by atoms with Gasteiger partial charge in [-0.2, -0.15) is 119 Å². The van der Waals surface area contributed by atoms with Gasteiger partial charge in [0.25, 0.3) is 11.3 Å². The van der Waals surface area contributed by atoms with E-state index in [-0.39, 0.29) is 11.1 Å². The molecule has 2 rings (SSSR count). The van der Waals surface area contributed by atoms with Gasteiger partial charge in [0.2, 0.25) is 0 Å². The summed E-state index contributed by atoms with van der Waals surface area (Å²) < 4.78 is 404. The molecule has 8 nitrogen and oxygen atoms in total. The number of halogens is 28. The van der Waals surface area contributed by atoms with Crippen LogP contribution in [0.4, 0.5) is 123 Å². The highest BCUT2D eigenvalue weighted by Crippen LogP contribution is 2.61. The van der Waals surface area contributed by atoms with E-state index in [0.29, 0.717) is 0 Å². The third kappa shape index (κ3) is 11.1. The molecule has 0 heterocycles. The minimum Gasteiger partial charge on any atom is -0.498 e. The molecule has 0 N–H and O–H groups in total. The summed E-state index contributed by atoms with van der Waals surface area (Å²) in [6, 6.07) is 14.5. The summed E-state index contributed by atoms with van der Waals surface area (Å²) in [5, 5.41) is 13.7. The van der Waals surface area contributed by atoms with E-state index in [2.05, 4.69) is 9.75 Å². The van der Waals surface area contributed by atoms with E-state index >= 15 is 8.78 Å². The SMILES string of the molecule is CC(F)(C(F)(F)F)C(F)(F)OC(F)(C(F)(F)F)C(F)(F)OC(F)(C(F)(F)F)C(F)(F)OC(F)(C(F)(F)F)C(F)(F)OC(F)(COCCOC(C#[N+][O-])(c1ccccc1)c1ccccc1)C(F)(F)F. The largest absolute Gasteiger partial charge is 0.498 e. The highest BCUT2D eigenvalue weighted by Gasteiger charge is 2.89. The second kappa shape index (κ2) is 18.7. The molecule has 2 aromatic carbocycles. The van der Waals surface area contributed by atoms with Crippen LogP contribution in [-0.4, -0.2) is 104 Å². The molecule has 2 aromatic rings. The van der Waals surface area contributed by atoms with E-state index in [1.165, 1.54) is 70.1 Å². The van der Waals surface area contributed by atoms with Crippen molar-refractivity contribution in [1.29, 1.82) is 0 Å². The highest BCUT2D eigenvalue weighted by molar-refractivity contribution is 5.44. The van der Waals surface area contributed by atoms with Gasteiger partial charge < -0.3 is 14.7 Å². The van der Waals surface area contributed by atoms with Gasteiger partial charge in [0.15, 0.2) is 0 Å². The molecule has 68 heavy (non-hydrogen) atoms. The maximum Gasteiger partial charge on any atom is 0.458 e. The number of alkyl halides is 28. The topological polar surface area (TPSA) is 82.8 Å². The molecule has 5 atom stereocenters. The maximum atomic E-state index is 15.1. The van der Waals surface area contributed by atoms with Gasteiger partial charge in [-0.25, -0.2) is 4.39 Å². The van der Waals surface area contributed by atoms with Gasteiger partial charge in [0.05, 0.1) is 13.2 Å². The molecule has 36 heteroatoms. The molecule has 0 saturated heterocycles. The minimum absolute atomic E-state index is 0.103. The molecular weight excluding hydrogens is 1040 g/mol. The van der Waals surface area contributed by atoms with Crippen LogP contribution in [0.15, 0.2) is 60.7 Å². The molecule has 0 radical (unpaired) electrons. The average Bonchev–Trinajstić information content (AvgIpc) is 3.14. The van der Waals surface area contributed by atoms with Crippen molar-refractivity contribution in [2.75, 3.05) is 19.8 Å². The van der Waals surface area contributed by atoms with E-state index in [9.17, 15) is 119 Å². The van der Waals surface area contributed by atoms with E-state index in [1.807, 2.05) is 10.8 Å². The lowest BCUT2D eigenvalue weighted by Crippen LogP contribution is -2.72. The van der Waals surface area contributed by atoms with Crippen LogP contribution in [0, 0.1) is 11.3 Å². The van der Waals surface area contributed by atoms with Gasteiger partial charge in [-0.3, -0.25) is 18.9 Å². The van der Waals surface area contributed by atoms with Crippen LogP contribution in [0.2, 0.25) is 0 Å². The molecule has 0 bridgehead atoms. The van der Waals surface area contributed by atoms with E-state index in [0.717, 1.165) is 4.74 Å². The Morgan fingerprint density at radius 2 is 0.750 bits per heavy atom. The molecule has 0 aromatic heterocycles. The van der Waals surface area contributed by atoms with Crippen molar-refractivity contribution < 1.29 is 151 Å². The standard InChI is InChI=1S/C32H19F28NO7/c1-18(33,24(38,39)40)29(53,54)66-22(36,27(47,48)49)31(57,58)68-23(37,28(50,51)52)32(59,60)67-21(35,26(44,45)46)30(55,56)65-20(34,25(41,42)43)15-63-12-13-64-19(14-61-62,16-8-4-2-5-9-16)17-10-6-3-7-11-17/h2-11H,12-13,15H2,1H3. The normalized spacial score (nSPS) is 18.8. The summed E-state index contributed by atoms with van der Waals surface area (Å²) in [7, 11) is 0. The van der Waals surface area contributed by atoms with Crippen molar-refractivity contribution in [1.82, 2.24) is 0 Å². The van der Waals surface area contributed by atoms with E-state index in [4.69, 9.17) is 4.74 Å². The number of hydrogen-bond donors (Lipinski definition) is 0. The fraction of sp³-hybridized carbons (Fsp3) is 0.594. The zero-order valence-corrected chi connectivity index (χ0v) is 31.8. The predicted molar refractivity (Wildman–Crippen MR) is 160 cm³/mol. The summed E-state index contributed by atoms with van der Waals surface area (Å²) in [6.07, 6.45) is -75.3. The third-order valence-corrected chi connectivity index (χ3v) is 8.21. The van der Waals surface area contributed by atoms with Crippen LogP contribution >= 0.6 is 0 Å². The number of hydrogen-bond acceptors (Lipinski definition) is 7. The zero-order chi connectivity index (χ0) is 53.5. The molecule has 0 aliphatic carbocycles. The average molecular weight is 1060 g/mol. The van der Waals surface area contributed by atoms with E-state index in [1.54, 1.807) is 0 Å². The summed E-state index contributed by atoms with van der Waals surface area (Å²) >= 11 is 0. The Hall–Kier alpha value is -4.47. The first-order chi connectivity index (χ1) is 30.1. The van der Waals surface area contributed by atoms with E-state index < -0.39 is 117 Å². The van der Waals surface area contributed by atoms with Crippen LogP contribution in [-0.2, 0) is 34.0 Å². The second-order valence-corrected chi connectivity index (χ2v) is 13.0. The van der Waals surface area contributed by atoms with Gasteiger partial charge in [0.1, 0.15) is 6.61 Å². The van der Waals surface area contributed by atoms with Gasteiger partial charge in [-0.05, 0) is 6.92 Å². The fourth-order valence-electron chi connectivity index (χ4n) is 4.57. The van der Waals surface area contributed by atoms with Crippen molar-refractivity contribution in [3.05, 3.63) is 82.0 Å². The van der Waals surface area contributed by atoms with Crippen LogP contribution in [0.5, 0.6) is 0 Å². The molecule has 0 aliphatic rings. The molecule has 5 unspecified atom stereocenters. The Morgan fingerprint density at radius 1 is 0.426 bits per heavy atom. The van der Waals surface area contributed by atoms with Crippen LogP contribution in [0.1, 0.15) is 18.1 Å². The van der Waals surface area contributed by atoms with Crippen LogP contribution < -0.4 is 0 Å². The Kier molecular flexibility index (Phi) is 16.4. The lowest BCUT2D eigenvalue weighted by molar-refractivity contribution is -0.591. The number of benzene rings is 2. The Bertz CT molecular complexity index is 2010. The lowest BCUT2D eigenvalue weighted by Gasteiger charge is -2.44. The van der Waals surface area contributed by atoms with Gasteiger partial charge >= 0.3 is 84.8 Å². The maximum absolute atomic E-state index is 15.1. The first-order valence-corrected chi connectivity index (χ1v) is 16.6. The van der Waals surface area contributed by atoms with Gasteiger partial charge in [-0.1, -0.05) is 60.7 Å². The van der Waals surface area contributed by atoms with Crippen LogP contribution in [0.25, 0.3) is 5.01 Å². The first kappa shape index (κ1) is 59.7. The summed E-state index contributed by atoms with van der Waals surface area (Å²) in [6.45, 7) is -8.07. The van der Waals surface area contributed by atoms with Crippen LogP contribution in [0.3, 0.4) is 0 Å². The van der Waals surface area contributed by atoms with Crippen molar-refractivity contribution in [2.24, 2.45) is 0 Å². The van der Waals surface area contributed by atoms with Crippen molar-refractivity contribution in [3.8, 4) is 6.07 Å². The summed E-state index contributed by atoms with van der Waals surface area (Å²) in [5.41, 5.74) is -9.45. The Labute approximate surface area is 356 Å². The predicted octanol–water partition coefficient (Wildman–Crippen LogP) is 12.4. The minimum atomic E-state index is -9.16. The van der Waals surface area contributed by atoms with Crippen molar-refractivity contribution >= 4 is 0 Å². The smallest absolute Gasteiger partial charge is 0.458 e. The van der Waals surface area contributed by atoms with Gasteiger partial charge in [-0.15, -0.1) is 0 Å². The molecule has 390 valence electrons. The van der Waals surface area contributed by atoms with Crippen molar-refractivity contribution in [2.45, 2.75) is 96.9 Å². The van der Waals surface area contributed by atoms with Crippen molar-refractivity contribution in [3.63, 3.8) is 0 Å². The molecular formula is C32H19F28NO7.